The van der Waals surface area contributed by atoms with Crippen molar-refractivity contribution in [3.63, 3.8) is 0 Å². The van der Waals surface area contributed by atoms with Crippen LogP contribution in [0.15, 0.2) is 12.5 Å². The number of anilines is 1. The average molecular weight is 415 g/mol. The zero-order valence-electron chi connectivity index (χ0n) is 17.9. The van der Waals surface area contributed by atoms with Gasteiger partial charge < -0.3 is 24.7 Å². The number of aromatic nitrogens is 3. The highest BCUT2D eigenvalue weighted by molar-refractivity contribution is 6.02. The van der Waals surface area contributed by atoms with Crippen LogP contribution in [0.1, 0.15) is 63.7 Å². The minimum absolute atomic E-state index is 0.114. The zero-order chi connectivity index (χ0) is 21.5. The minimum Gasteiger partial charge on any atom is -0.462 e. The number of nitrogens with one attached hydrogen (secondary N) is 2. The Bertz CT molecular complexity index is 937. The molecule has 0 spiro atoms. The van der Waals surface area contributed by atoms with E-state index in [0.717, 1.165) is 25.7 Å². The molecule has 0 radical (unpaired) electrons. The third-order valence-electron chi connectivity index (χ3n) is 5.64. The number of carbonyl (C=O) groups excluding carboxylic acids is 2. The lowest BCUT2D eigenvalue weighted by Gasteiger charge is -2.40. The van der Waals surface area contributed by atoms with Crippen molar-refractivity contribution in [2.24, 2.45) is 0 Å². The maximum atomic E-state index is 12.7. The van der Waals surface area contributed by atoms with Crippen molar-refractivity contribution in [1.82, 2.24) is 19.9 Å². The van der Waals surface area contributed by atoms with Gasteiger partial charge in [0.1, 0.15) is 16.7 Å². The predicted octanol–water partition coefficient (Wildman–Crippen LogP) is 3.48. The predicted molar refractivity (Wildman–Crippen MR) is 111 cm³/mol. The summed E-state index contributed by atoms with van der Waals surface area (Å²) in [6.07, 6.45) is 6.33. The van der Waals surface area contributed by atoms with E-state index in [1.165, 1.54) is 6.20 Å². The number of carbonyl (C=O) groups is 2. The normalized spacial score (nSPS) is 23.5. The largest absolute Gasteiger partial charge is 0.462 e. The summed E-state index contributed by atoms with van der Waals surface area (Å²) in [5.74, 6) is -0.418. The van der Waals surface area contributed by atoms with Crippen molar-refractivity contribution in [2.75, 3.05) is 11.9 Å². The molecule has 2 saturated heterocycles. The molecule has 2 aliphatic rings. The maximum Gasteiger partial charge on any atom is 0.410 e. The first kappa shape index (κ1) is 20.4. The van der Waals surface area contributed by atoms with E-state index in [9.17, 15) is 9.59 Å². The summed E-state index contributed by atoms with van der Waals surface area (Å²) < 4.78 is 10.8. The number of pyridine rings is 1. The molecule has 2 fully saturated rings. The van der Waals surface area contributed by atoms with Crippen molar-refractivity contribution in [3.05, 3.63) is 18.1 Å². The lowest BCUT2D eigenvalue weighted by Crippen LogP contribution is -2.51. The number of aromatic amines is 1. The molecular weight excluding hydrogens is 386 g/mol. The van der Waals surface area contributed by atoms with Crippen molar-refractivity contribution in [2.45, 2.75) is 77.1 Å². The van der Waals surface area contributed by atoms with Gasteiger partial charge in [-0.3, -0.25) is 0 Å². The second kappa shape index (κ2) is 7.77. The van der Waals surface area contributed by atoms with Gasteiger partial charge in [0.25, 0.3) is 0 Å². The number of hydrogen-bond donors (Lipinski definition) is 2. The fourth-order valence-electron chi connectivity index (χ4n) is 4.52. The summed E-state index contributed by atoms with van der Waals surface area (Å²) in [6, 6.07) is 0.366. The molecule has 2 unspecified atom stereocenters. The molecule has 0 saturated carbocycles. The first-order valence-electron chi connectivity index (χ1n) is 10.5. The van der Waals surface area contributed by atoms with E-state index in [1.54, 1.807) is 13.3 Å². The number of nitrogens with zero attached hydrogens (tertiary/aromatic N) is 3. The summed E-state index contributed by atoms with van der Waals surface area (Å²) in [4.78, 5) is 38.6. The highest BCUT2D eigenvalue weighted by atomic mass is 16.6. The van der Waals surface area contributed by atoms with Gasteiger partial charge in [0.2, 0.25) is 0 Å². The number of piperidine rings is 1. The molecule has 30 heavy (non-hydrogen) atoms. The molecule has 2 atom stereocenters. The fraction of sp³-hybridized carbons (Fsp3) is 0.619. The van der Waals surface area contributed by atoms with Gasteiger partial charge in [-0.05, 0) is 53.4 Å². The van der Waals surface area contributed by atoms with Crippen LogP contribution in [0.2, 0.25) is 0 Å². The highest BCUT2D eigenvalue weighted by Crippen LogP contribution is 2.38. The monoisotopic (exact) mass is 415 g/mol. The maximum absolute atomic E-state index is 12.7. The molecule has 2 bridgehead atoms. The Morgan fingerprint density at radius 3 is 2.57 bits per heavy atom. The van der Waals surface area contributed by atoms with Gasteiger partial charge >= 0.3 is 12.1 Å². The number of imidazole rings is 1. The quantitative estimate of drug-likeness (QED) is 0.736. The van der Waals surface area contributed by atoms with Gasteiger partial charge in [0.15, 0.2) is 5.65 Å². The van der Waals surface area contributed by atoms with Crippen molar-refractivity contribution < 1.29 is 19.1 Å². The molecule has 0 aromatic carbocycles. The molecule has 9 nitrogen and oxygen atoms in total. The van der Waals surface area contributed by atoms with E-state index in [2.05, 4.69) is 20.3 Å². The molecule has 2 aliphatic heterocycles. The Balaban J connectivity index is 1.55. The number of hydrogen-bond acceptors (Lipinski definition) is 7. The zero-order valence-corrected chi connectivity index (χ0v) is 17.9. The van der Waals surface area contributed by atoms with Gasteiger partial charge in [-0.15, -0.1) is 0 Å². The molecule has 162 valence electrons. The number of rotatable bonds is 4. The number of fused-ring (bicyclic) bond motifs is 3. The average Bonchev–Trinajstić information content (AvgIpc) is 3.23. The Kier molecular flexibility index (Phi) is 5.29. The van der Waals surface area contributed by atoms with Gasteiger partial charge in [-0.1, -0.05) is 0 Å². The lowest BCUT2D eigenvalue weighted by molar-refractivity contribution is 0.00683. The van der Waals surface area contributed by atoms with Crippen LogP contribution in [-0.4, -0.2) is 62.2 Å². The van der Waals surface area contributed by atoms with E-state index in [-0.39, 0.29) is 30.8 Å². The minimum atomic E-state index is -0.510. The topological polar surface area (TPSA) is 109 Å². The first-order valence-corrected chi connectivity index (χ1v) is 10.5. The van der Waals surface area contributed by atoms with Crippen LogP contribution >= 0.6 is 0 Å². The van der Waals surface area contributed by atoms with Crippen LogP contribution in [0, 0.1) is 0 Å². The second-order valence-corrected chi connectivity index (χ2v) is 8.95. The molecular formula is C21H29N5O4. The van der Waals surface area contributed by atoms with Crippen molar-refractivity contribution in [1.29, 1.82) is 0 Å². The number of H-pyrrole nitrogens is 1. The summed E-state index contributed by atoms with van der Waals surface area (Å²) in [7, 11) is 0. The number of ether oxygens (including phenoxy) is 2. The van der Waals surface area contributed by atoms with Crippen LogP contribution in [0.4, 0.5) is 10.5 Å². The standard InChI is InChI=1S/C21H29N5O4/c1-5-29-19(27)15-10-22-18-17(23-11-24-18)16(15)25-12-8-13-6-7-14(9-12)26(13)20(28)30-21(2,3)4/h10-14H,5-9H2,1-4H3,(H2,22,23,24,25). The van der Waals surface area contributed by atoms with Crippen molar-refractivity contribution >= 4 is 28.9 Å². The SMILES string of the molecule is CCOC(=O)c1cnc2nc[nH]c2c1NC1CC2CCC(C1)N2C(=O)OC(C)(C)C. The van der Waals surface area contributed by atoms with E-state index in [4.69, 9.17) is 9.47 Å². The Morgan fingerprint density at radius 1 is 1.23 bits per heavy atom. The third-order valence-corrected chi connectivity index (χ3v) is 5.64. The summed E-state index contributed by atoms with van der Waals surface area (Å²) in [6.45, 7) is 7.72. The smallest absolute Gasteiger partial charge is 0.410 e. The van der Waals surface area contributed by atoms with Crippen LogP contribution < -0.4 is 5.32 Å². The molecule has 2 aromatic heterocycles. The van der Waals surface area contributed by atoms with Crippen LogP contribution in [0.25, 0.3) is 11.2 Å². The number of amides is 1. The molecule has 4 rings (SSSR count). The Morgan fingerprint density at radius 2 is 1.93 bits per heavy atom. The van der Waals surface area contributed by atoms with E-state index >= 15 is 0 Å². The van der Waals surface area contributed by atoms with Crippen LogP contribution in [-0.2, 0) is 9.47 Å². The van der Waals surface area contributed by atoms with E-state index < -0.39 is 11.6 Å². The van der Waals surface area contributed by atoms with Crippen LogP contribution in [0.5, 0.6) is 0 Å². The lowest BCUT2D eigenvalue weighted by atomic mass is 9.97. The molecule has 4 heterocycles. The van der Waals surface area contributed by atoms with Gasteiger partial charge in [0.05, 0.1) is 18.6 Å². The third kappa shape index (κ3) is 3.93. The first-order chi connectivity index (χ1) is 14.3. The molecule has 1 amide bonds. The van der Waals surface area contributed by atoms with E-state index in [0.29, 0.717) is 22.4 Å². The second-order valence-electron chi connectivity index (χ2n) is 8.95. The molecule has 0 aliphatic carbocycles. The summed E-state index contributed by atoms with van der Waals surface area (Å²) in [5, 5.41) is 3.54. The Labute approximate surface area is 175 Å². The Hall–Kier alpha value is -2.84. The molecule has 2 aromatic rings. The molecule has 2 N–H and O–H groups in total. The van der Waals surface area contributed by atoms with Gasteiger partial charge in [-0.2, -0.15) is 0 Å². The van der Waals surface area contributed by atoms with Crippen molar-refractivity contribution in [3.8, 4) is 0 Å². The van der Waals surface area contributed by atoms with E-state index in [1.807, 2.05) is 25.7 Å². The summed E-state index contributed by atoms with van der Waals surface area (Å²) in [5.41, 5.74) is 1.76. The number of esters is 1. The molecule has 9 heteroatoms. The fourth-order valence-corrected chi connectivity index (χ4v) is 4.52. The van der Waals surface area contributed by atoms with Gasteiger partial charge in [0, 0.05) is 24.3 Å². The van der Waals surface area contributed by atoms with Gasteiger partial charge in [-0.25, -0.2) is 19.6 Å². The highest BCUT2D eigenvalue weighted by Gasteiger charge is 2.45. The van der Waals surface area contributed by atoms with Crippen LogP contribution in [0.3, 0.4) is 0 Å². The summed E-state index contributed by atoms with van der Waals surface area (Å²) >= 11 is 0.